The van der Waals surface area contributed by atoms with Crippen molar-refractivity contribution >= 4 is 40.3 Å². The molecule has 0 unspecified atom stereocenters. The molecule has 3 rings (SSSR count). The molecule has 5 nitrogen and oxygen atoms in total. The monoisotopic (exact) mass is 350 g/mol. The molecule has 0 bridgehead atoms. The topological polar surface area (TPSA) is 42.0 Å². The molecule has 0 saturated carbocycles. The summed E-state index contributed by atoms with van der Waals surface area (Å²) >= 11 is 6.72. The highest BCUT2D eigenvalue weighted by Gasteiger charge is 2.33. The molecule has 0 aromatic heterocycles. The van der Waals surface area contributed by atoms with Crippen LogP contribution in [0.2, 0.25) is 0 Å². The van der Waals surface area contributed by atoms with Crippen molar-refractivity contribution in [3.05, 3.63) is 34.7 Å². The molecule has 23 heavy (non-hydrogen) atoms. The summed E-state index contributed by atoms with van der Waals surface area (Å²) in [5, 5.41) is 0. The van der Waals surface area contributed by atoms with Crippen LogP contribution in [0.25, 0.3) is 6.08 Å². The molecule has 0 N–H and O–H groups in total. The van der Waals surface area contributed by atoms with Crippen molar-refractivity contribution in [3.8, 4) is 5.75 Å². The van der Waals surface area contributed by atoms with E-state index < -0.39 is 0 Å². The van der Waals surface area contributed by atoms with Gasteiger partial charge < -0.3 is 9.47 Å². The van der Waals surface area contributed by atoms with E-state index >= 15 is 0 Å². The number of carbonyl (C=O) groups is 1. The fourth-order valence-corrected chi connectivity index (χ4v) is 3.72. The molecule has 1 amide bonds. The maximum absolute atomic E-state index is 12.6. The van der Waals surface area contributed by atoms with Crippen molar-refractivity contribution in [2.24, 2.45) is 0 Å². The molecule has 0 radical (unpaired) electrons. The zero-order chi connectivity index (χ0) is 16.2. The van der Waals surface area contributed by atoms with Crippen LogP contribution < -0.4 is 4.74 Å². The van der Waals surface area contributed by atoms with Crippen molar-refractivity contribution in [2.45, 2.75) is 0 Å². The Labute approximate surface area is 145 Å². The Hall–Kier alpha value is -1.41. The largest absolute Gasteiger partial charge is 0.496 e. The minimum absolute atomic E-state index is 0.0441. The quantitative estimate of drug-likeness (QED) is 0.613. The zero-order valence-electron chi connectivity index (χ0n) is 12.9. The summed E-state index contributed by atoms with van der Waals surface area (Å²) in [5.74, 6) is 0.698. The molecule has 0 spiro atoms. The lowest BCUT2D eigenvalue weighted by atomic mass is 10.2. The van der Waals surface area contributed by atoms with Gasteiger partial charge in [0.25, 0.3) is 5.91 Å². The van der Waals surface area contributed by atoms with Gasteiger partial charge in [-0.2, -0.15) is 0 Å². The lowest BCUT2D eigenvalue weighted by molar-refractivity contribution is -0.124. The summed E-state index contributed by atoms with van der Waals surface area (Å²) in [6.07, 6.45) is 1.84. The Bertz CT molecular complexity index is 642. The predicted octanol–water partition coefficient (Wildman–Crippen LogP) is 2.19. The van der Waals surface area contributed by atoms with Crippen LogP contribution in [-0.2, 0) is 9.53 Å². The lowest BCUT2D eigenvalue weighted by Crippen LogP contribution is -2.45. The highest BCUT2D eigenvalue weighted by molar-refractivity contribution is 8.26. The number of methoxy groups -OCH3 is 1. The number of thioether (sulfide) groups is 1. The van der Waals surface area contributed by atoms with Gasteiger partial charge in [-0.05, 0) is 12.1 Å². The number of thiocarbonyl (C=S) groups is 1. The average molecular weight is 350 g/mol. The van der Waals surface area contributed by atoms with Crippen molar-refractivity contribution < 1.29 is 14.3 Å². The van der Waals surface area contributed by atoms with Crippen molar-refractivity contribution in [2.75, 3.05) is 40.1 Å². The Morgan fingerprint density at radius 1 is 1.35 bits per heavy atom. The first-order valence-corrected chi connectivity index (χ1v) is 8.60. The first-order valence-electron chi connectivity index (χ1n) is 7.37. The van der Waals surface area contributed by atoms with E-state index in [9.17, 15) is 4.79 Å². The molecule has 2 heterocycles. The number of benzene rings is 1. The van der Waals surface area contributed by atoms with Gasteiger partial charge in [-0.15, -0.1) is 0 Å². The third kappa shape index (κ3) is 3.74. The summed E-state index contributed by atoms with van der Waals surface area (Å²) < 4.78 is 11.3. The number of ether oxygens (including phenoxy) is 2. The van der Waals surface area contributed by atoms with Crippen LogP contribution >= 0.6 is 24.0 Å². The van der Waals surface area contributed by atoms with E-state index in [-0.39, 0.29) is 5.91 Å². The molecule has 1 aromatic rings. The Morgan fingerprint density at radius 2 is 2.09 bits per heavy atom. The van der Waals surface area contributed by atoms with Gasteiger partial charge in [0.15, 0.2) is 0 Å². The zero-order valence-corrected chi connectivity index (χ0v) is 14.5. The van der Waals surface area contributed by atoms with Crippen molar-refractivity contribution in [1.82, 2.24) is 9.80 Å². The third-order valence-electron chi connectivity index (χ3n) is 3.74. The van der Waals surface area contributed by atoms with Gasteiger partial charge in [-0.25, -0.2) is 0 Å². The maximum atomic E-state index is 12.6. The average Bonchev–Trinajstić information content (AvgIpc) is 2.84. The smallest absolute Gasteiger partial charge is 0.267 e. The van der Waals surface area contributed by atoms with E-state index in [1.165, 1.54) is 11.8 Å². The van der Waals surface area contributed by atoms with E-state index in [0.29, 0.717) is 29.1 Å². The van der Waals surface area contributed by atoms with E-state index in [1.807, 2.05) is 30.3 Å². The van der Waals surface area contributed by atoms with Crippen LogP contribution in [0, 0.1) is 0 Å². The van der Waals surface area contributed by atoms with Gasteiger partial charge >= 0.3 is 0 Å². The standard InChI is InChI=1S/C16H18N2O3S2/c1-20-13-5-3-2-4-12(13)10-14-15(19)18(16(22)23-14)11-17-6-8-21-9-7-17/h2-5,10H,6-9,11H2,1H3. The number of hydrogen-bond acceptors (Lipinski definition) is 6. The van der Waals surface area contributed by atoms with Gasteiger partial charge in [0.1, 0.15) is 10.1 Å². The molecule has 0 aliphatic carbocycles. The van der Waals surface area contributed by atoms with Crippen LogP contribution in [0.15, 0.2) is 29.2 Å². The fourth-order valence-electron chi connectivity index (χ4n) is 2.49. The summed E-state index contributed by atoms with van der Waals surface area (Å²) in [6, 6.07) is 7.62. The highest BCUT2D eigenvalue weighted by atomic mass is 32.2. The molecule has 2 aliphatic rings. The van der Waals surface area contributed by atoms with Gasteiger partial charge in [0, 0.05) is 18.7 Å². The lowest BCUT2D eigenvalue weighted by Gasteiger charge is -2.29. The first-order chi connectivity index (χ1) is 11.2. The Morgan fingerprint density at radius 3 is 2.83 bits per heavy atom. The second-order valence-electron chi connectivity index (χ2n) is 5.22. The molecule has 2 saturated heterocycles. The summed E-state index contributed by atoms with van der Waals surface area (Å²) in [5.41, 5.74) is 0.877. The normalized spacial score (nSPS) is 21.3. The molecule has 2 aliphatic heterocycles. The highest BCUT2D eigenvalue weighted by Crippen LogP contribution is 2.34. The maximum Gasteiger partial charge on any atom is 0.267 e. The SMILES string of the molecule is COc1ccccc1C=C1SC(=S)N(CN2CCOCC2)C1=O. The molecule has 1 aromatic carbocycles. The summed E-state index contributed by atoms with van der Waals surface area (Å²) in [7, 11) is 1.62. The molecule has 7 heteroatoms. The van der Waals surface area contributed by atoms with Crippen LogP contribution in [0.3, 0.4) is 0 Å². The molecule has 2 fully saturated rings. The van der Waals surface area contributed by atoms with Crippen molar-refractivity contribution in [1.29, 1.82) is 0 Å². The molecule has 0 atom stereocenters. The number of amides is 1. The van der Waals surface area contributed by atoms with E-state index in [4.69, 9.17) is 21.7 Å². The Kier molecular flexibility index (Phi) is 5.32. The number of hydrogen-bond donors (Lipinski definition) is 0. The predicted molar refractivity (Wildman–Crippen MR) is 95.3 cm³/mol. The van der Waals surface area contributed by atoms with Gasteiger partial charge in [-0.3, -0.25) is 14.6 Å². The minimum atomic E-state index is -0.0441. The van der Waals surface area contributed by atoms with Gasteiger partial charge in [0.05, 0.1) is 31.9 Å². The summed E-state index contributed by atoms with van der Waals surface area (Å²) in [6.45, 7) is 3.57. The van der Waals surface area contributed by atoms with Gasteiger partial charge in [0.2, 0.25) is 0 Å². The van der Waals surface area contributed by atoms with Gasteiger partial charge in [-0.1, -0.05) is 42.2 Å². The minimum Gasteiger partial charge on any atom is -0.496 e. The van der Waals surface area contributed by atoms with Crippen molar-refractivity contribution in [3.63, 3.8) is 0 Å². The van der Waals surface area contributed by atoms with E-state index in [1.54, 1.807) is 12.0 Å². The number of para-hydroxylation sites is 1. The van der Waals surface area contributed by atoms with Crippen LogP contribution in [-0.4, -0.2) is 60.1 Å². The van der Waals surface area contributed by atoms with Crippen LogP contribution in [0.4, 0.5) is 0 Å². The fraction of sp³-hybridized carbons (Fsp3) is 0.375. The molecular formula is C16H18N2O3S2. The molecule has 122 valence electrons. The summed E-state index contributed by atoms with van der Waals surface area (Å²) in [4.78, 5) is 17.1. The number of morpholine rings is 1. The number of nitrogens with zero attached hydrogens (tertiary/aromatic N) is 2. The van der Waals surface area contributed by atoms with E-state index in [2.05, 4.69) is 4.90 Å². The first kappa shape index (κ1) is 16.4. The number of rotatable bonds is 4. The van der Waals surface area contributed by atoms with E-state index in [0.717, 1.165) is 24.4 Å². The van der Waals surface area contributed by atoms with Crippen LogP contribution in [0.1, 0.15) is 5.56 Å². The third-order valence-corrected chi connectivity index (χ3v) is 5.12. The van der Waals surface area contributed by atoms with Crippen LogP contribution in [0.5, 0.6) is 5.75 Å². The Balaban J connectivity index is 1.76. The number of carbonyl (C=O) groups excluding carboxylic acids is 1. The second-order valence-corrected chi connectivity index (χ2v) is 6.90. The molecular weight excluding hydrogens is 332 g/mol. The second kappa shape index (κ2) is 7.44.